The monoisotopic (exact) mass is 934 g/mol. The van der Waals surface area contributed by atoms with E-state index in [1.165, 1.54) is 32.6 Å². The Morgan fingerprint density at radius 2 is 0.841 bits per heavy atom. The lowest BCUT2D eigenvalue weighted by Gasteiger charge is -2.06. The molecule has 0 aliphatic heterocycles. The minimum atomic E-state index is -0.439. The predicted molar refractivity (Wildman–Crippen MR) is 259 cm³/mol. The third-order valence-corrected chi connectivity index (χ3v) is 10.5. The zero-order valence-electron chi connectivity index (χ0n) is 40.1. The van der Waals surface area contributed by atoms with Crippen LogP contribution in [-0.2, 0) is 50.2 Å². The van der Waals surface area contributed by atoms with Crippen LogP contribution in [0.1, 0.15) is 129 Å². The molecule has 0 atom stereocenters. The summed E-state index contributed by atoms with van der Waals surface area (Å²) in [5.74, 6) is -0.807. The second-order valence-corrected chi connectivity index (χ2v) is 15.6. The van der Waals surface area contributed by atoms with Crippen LogP contribution in [0.15, 0.2) is 126 Å². The summed E-state index contributed by atoms with van der Waals surface area (Å²) in [7, 11) is 1.35. The number of hydrogen-bond donors (Lipinski definition) is 1. The van der Waals surface area contributed by atoms with Crippen LogP contribution in [0.25, 0.3) is 0 Å². The number of esters is 1. The normalized spacial score (nSPS) is 10.4. The van der Waals surface area contributed by atoms with Gasteiger partial charge in [-0.15, -0.1) is 15.3 Å². The van der Waals surface area contributed by atoms with Gasteiger partial charge in [0.1, 0.15) is 0 Å². The van der Waals surface area contributed by atoms with Gasteiger partial charge in [0.2, 0.25) is 0 Å². The van der Waals surface area contributed by atoms with Gasteiger partial charge < -0.3 is 4.74 Å². The van der Waals surface area contributed by atoms with Crippen molar-refractivity contribution in [1.29, 1.82) is 0 Å². The molecule has 0 saturated heterocycles. The van der Waals surface area contributed by atoms with E-state index in [4.69, 9.17) is 0 Å². The van der Waals surface area contributed by atoms with Crippen LogP contribution in [0.4, 0.5) is 0 Å². The molecule has 8 aromatic rings. The number of aromatic amines is 1. The minimum absolute atomic E-state index is 0.0160. The number of benzene rings is 4. The maximum Gasteiger partial charge on any atom is 0.360 e. The van der Waals surface area contributed by atoms with E-state index in [0.717, 1.165) is 58.6 Å². The van der Waals surface area contributed by atoms with E-state index in [0.29, 0.717) is 49.7 Å². The van der Waals surface area contributed by atoms with Crippen molar-refractivity contribution in [2.24, 2.45) is 0 Å². The molecule has 358 valence electrons. The Bertz CT molecular complexity index is 2940. The summed E-state index contributed by atoms with van der Waals surface area (Å²) in [5, 5.41) is 30.2. The summed E-state index contributed by atoms with van der Waals surface area (Å²) in [5.41, 5.74) is 7.93. The van der Waals surface area contributed by atoms with E-state index in [2.05, 4.69) is 52.9 Å². The highest BCUT2D eigenvalue weighted by atomic mass is 16.5. The Morgan fingerprint density at radius 1 is 0.493 bits per heavy atom. The molecule has 0 amide bonds. The standard InChI is InChI=1S/C14H17N3O.C13H15N3O2.C13H15N3O.C11H11N3O2/c1-3-7-13-14(11(2)18)15-16-17(13)10-12-8-5-4-6-9-12;1-3-11-12(13(17)18-2)14-15-16(11)9-10-7-5-4-6-8-10;1-3-12-13(10(2)17)14-15-16(12)9-11-7-5-4-6-8-11;1-8(15)10-11(16)14(13-12-10)7-9-5-3-2-4-6-9/h4-6,8-9H,3,7,10H2,1-2H3;4-8H,3,9H2,1-2H3;4-8H,3,9H2,1-2H3;2-6,13H,7H2,1H3. The topological polar surface area (TPSA) is 220 Å². The van der Waals surface area contributed by atoms with Gasteiger partial charge in [0.05, 0.1) is 50.4 Å². The zero-order chi connectivity index (χ0) is 49.7. The fraction of sp³-hybridized carbons (Fsp3) is 0.294. The molecule has 4 aromatic carbocycles. The molecule has 0 aliphatic carbocycles. The van der Waals surface area contributed by atoms with Crippen molar-refractivity contribution in [3.63, 3.8) is 0 Å². The highest BCUT2D eigenvalue weighted by molar-refractivity contribution is 5.93. The molecule has 0 spiro atoms. The number of nitrogens with one attached hydrogen (secondary N) is 1. The summed E-state index contributed by atoms with van der Waals surface area (Å²) in [6.45, 7) is 12.8. The van der Waals surface area contributed by atoms with Crippen LogP contribution >= 0.6 is 0 Å². The molecule has 1 N–H and O–H groups in total. The van der Waals surface area contributed by atoms with Crippen molar-refractivity contribution < 1.29 is 23.9 Å². The lowest BCUT2D eigenvalue weighted by molar-refractivity contribution is 0.0592. The Balaban J connectivity index is 0.000000172. The highest BCUT2D eigenvalue weighted by Gasteiger charge is 2.20. The second-order valence-electron chi connectivity index (χ2n) is 15.6. The van der Waals surface area contributed by atoms with Crippen LogP contribution in [0.2, 0.25) is 0 Å². The zero-order valence-corrected chi connectivity index (χ0v) is 40.1. The molecule has 0 aliphatic rings. The highest BCUT2D eigenvalue weighted by Crippen LogP contribution is 2.14. The average molecular weight is 935 g/mol. The third kappa shape index (κ3) is 14.6. The number of rotatable bonds is 16. The van der Waals surface area contributed by atoms with Crippen LogP contribution < -0.4 is 5.56 Å². The van der Waals surface area contributed by atoms with Crippen LogP contribution in [0.3, 0.4) is 0 Å². The van der Waals surface area contributed by atoms with Gasteiger partial charge in [0, 0.05) is 20.8 Å². The Labute approximate surface area is 400 Å². The molecule has 18 heteroatoms. The number of aromatic nitrogens is 12. The van der Waals surface area contributed by atoms with Crippen molar-refractivity contribution in [2.75, 3.05) is 7.11 Å². The molecule has 0 fully saturated rings. The van der Waals surface area contributed by atoms with Gasteiger partial charge in [-0.2, -0.15) is 5.10 Å². The number of methoxy groups -OCH3 is 1. The van der Waals surface area contributed by atoms with Crippen molar-refractivity contribution in [1.82, 2.24) is 60.0 Å². The number of carbonyl (C=O) groups is 4. The molecule has 4 aromatic heterocycles. The number of ether oxygens (including phenoxy) is 1. The van der Waals surface area contributed by atoms with Gasteiger partial charge >= 0.3 is 5.97 Å². The molecule has 0 unspecified atom stereocenters. The first-order chi connectivity index (χ1) is 33.4. The molecule has 4 heterocycles. The Hall–Kier alpha value is -8.28. The number of nitrogens with zero attached hydrogens (tertiary/aromatic N) is 11. The molecule has 8 rings (SSSR count). The largest absolute Gasteiger partial charge is 0.464 e. The molecule has 0 bridgehead atoms. The minimum Gasteiger partial charge on any atom is -0.464 e. The molecule has 69 heavy (non-hydrogen) atoms. The van der Waals surface area contributed by atoms with E-state index >= 15 is 0 Å². The van der Waals surface area contributed by atoms with Gasteiger partial charge in [0.15, 0.2) is 40.1 Å². The molecular weight excluding hydrogens is 877 g/mol. The fourth-order valence-corrected chi connectivity index (χ4v) is 7.07. The fourth-order valence-electron chi connectivity index (χ4n) is 7.07. The summed E-state index contributed by atoms with van der Waals surface area (Å²) in [6.07, 6.45) is 3.25. The summed E-state index contributed by atoms with van der Waals surface area (Å²) in [6, 6.07) is 39.5. The second kappa shape index (κ2) is 26.2. The summed E-state index contributed by atoms with van der Waals surface area (Å²) < 4.78 is 11.4. The van der Waals surface area contributed by atoms with E-state index in [1.54, 1.807) is 9.36 Å². The van der Waals surface area contributed by atoms with Gasteiger partial charge in [-0.3, -0.25) is 19.2 Å². The van der Waals surface area contributed by atoms with Gasteiger partial charge in [-0.1, -0.05) is 164 Å². The molecule has 18 nitrogen and oxygen atoms in total. The lowest BCUT2D eigenvalue weighted by atomic mass is 10.1. The van der Waals surface area contributed by atoms with E-state index in [1.807, 2.05) is 140 Å². The van der Waals surface area contributed by atoms with Crippen molar-refractivity contribution >= 4 is 23.3 Å². The van der Waals surface area contributed by atoms with Crippen molar-refractivity contribution in [3.05, 3.63) is 194 Å². The van der Waals surface area contributed by atoms with Gasteiger partial charge in [-0.25, -0.2) is 28.7 Å². The van der Waals surface area contributed by atoms with Crippen molar-refractivity contribution in [2.45, 2.75) is 93.4 Å². The number of hydrogen-bond acceptors (Lipinski definition) is 13. The quantitative estimate of drug-likeness (QED) is 0.0758. The van der Waals surface area contributed by atoms with Gasteiger partial charge in [-0.05, 0) is 41.5 Å². The van der Waals surface area contributed by atoms with E-state index in [9.17, 15) is 24.0 Å². The summed E-state index contributed by atoms with van der Waals surface area (Å²) >= 11 is 0. The predicted octanol–water partition coefficient (Wildman–Crippen LogP) is 7.07. The van der Waals surface area contributed by atoms with Crippen LogP contribution in [0, 0.1) is 0 Å². The number of H-pyrrole nitrogens is 1. The number of ketones is 3. The lowest BCUT2D eigenvalue weighted by Crippen LogP contribution is -2.21. The van der Waals surface area contributed by atoms with E-state index < -0.39 is 5.97 Å². The molecule has 0 radical (unpaired) electrons. The maximum absolute atomic E-state index is 11.7. The molecule has 0 saturated carbocycles. The Morgan fingerprint density at radius 3 is 1.19 bits per heavy atom. The molecular formula is C51H58N12O6. The smallest absolute Gasteiger partial charge is 0.360 e. The Kier molecular flexibility index (Phi) is 19.6. The first-order valence-electron chi connectivity index (χ1n) is 22.6. The van der Waals surface area contributed by atoms with E-state index in [-0.39, 0.29) is 28.6 Å². The average Bonchev–Trinajstić information content (AvgIpc) is 4.16. The first kappa shape index (κ1) is 51.7. The maximum atomic E-state index is 11.7. The first-order valence-corrected chi connectivity index (χ1v) is 22.6. The number of Topliss-reactive ketones (excluding diaryl/α,β-unsaturated/α-hetero) is 3. The van der Waals surface area contributed by atoms with Crippen LogP contribution in [0.5, 0.6) is 0 Å². The number of carbonyl (C=O) groups excluding carboxylic acids is 4. The SMILES string of the molecule is CC(=O)c1n[nH]n(Cc2ccccc2)c1=O.CCCc1c(C(C)=O)nnn1Cc1ccccc1.CCc1c(C(=O)OC)nnn1Cc1ccccc1.CCc1c(C(C)=O)nnn1Cc1ccccc1. The van der Waals surface area contributed by atoms with Crippen molar-refractivity contribution in [3.8, 4) is 0 Å². The van der Waals surface area contributed by atoms with Gasteiger partial charge in [0.25, 0.3) is 5.56 Å². The summed E-state index contributed by atoms with van der Waals surface area (Å²) in [4.78, 5) is 57.1. The van der Waals surface area contributed by atoms with Crippen LogP contribution in [-0.4, -0.2) is 90.4 Å². The third-order valence-electron chi connectivity index (χ3n) is 10.5.